The molecule has 1 aromatic carbocycles. The molecule has 1 aliphatic rings. The van der Waals surface area contributed by atoms with E-state index in [9.17, 15) is 0 Å². The standard InChI is InChI=1S/C16H25NO/c1-3-5-9-15(17-4-2)13-11-12-18-16-10-7-6-8-14(13)16/h6-8,10,13,15,17H,3-5,9,11-12H2,1-2H3. The van der Waals surface area contributed by atoms with Crippen LogP contribution in [-0.4, -0.2) is 19.2 Å². The molecule has 2 heteroatoms. The highest BCUT2D eigenvalue weighted by molar-refractivity contribution is 5.38. The number of unbranched alkanes of at least 4 members (excludes halogenated alkanes) is 1. The number of fused-ring (bicyclic) bond motifs is 1. The lowest BCUT2D eigenvalue weighted by Gasteiger charge is -2.33. The summed E-state index contributed by atoms with van der Waals surface area (Å²) in [4.78, 5) is 0. The molecule has 2 atom stereocenters. The van der Waals surface area contributed by atoms with Gasteiger partial charge in [0.2, 0.25) is 0 Å². The van der Waals surface area contributed by atoms with Gasteiger partial charge in [-0.2, -0.15) is 0 Å². The van der Waals surface area contributed by atoms with E-state index in [2.05, 4.69) is 43.4 Å². The third-order valence-electron chi connectivity index (χ3n) is 3.83. The summed E-state index contributed by atoms with van der Waals surface area (Å²) in [6.07, 6.45) is 4.98. The molecule has 1 N–H and O–H groups in total. The summed E-state index contributed by atoms with van der Waals surface area (Å²) in [7, 11) is 0. The second-order valence-electron chi connectivity index (χ2n) is 5.09. The van der Waals surface area contributed by atoms with E-state index in [4.69, 9.17) is 4.74 Å². The van der Waals surface area contributed by atoms with Gasteiger partial charge in [0, 0.05) is 12.0 Å². The van der Waals surface area contributed by atoms with Crippen molar-refractivity contribution in [2.24, 2.45) is 0 Å². The Bertz CT molecular complexity index is 364. The van der Waals surface area contributed by atoms with Gasteiger partial charge in [0.05, 0.1) is 6.61 Å². The SMILES string of the molecule is CCCCC(NCC)C1CCOc2ccccc21. The van der Waals surface area contributed by atoms with Crippen molar-refractivity contribution in [3.8, 4) is 5.75 Å². The summed E-state index contributed by atoms with van der Waals surface area (Å²) >= 11 is 0. The van der Waals surface area contributed by atoms with E-state index in [0.717, 1.165) is 25.3 Å². The molecule has 1 aliphatic heterocycles. The lowest BCUT2D eigenvalue weighted by atomic mass is 9.84. The molecule has 18 heavy (non-hydrogen) atoms. The van der Waals surface area contributed by atoms with E-state index in [1.165, 1.54) is 24.8 Å². The summed E-state index contributed by atoms with van der Waals surface area (Å²) in [6.45, 7) is 6.37. The van der Waals surface area contributed by atoms with Crippen LogP contribution in [0.5, 0.6) is 5.75 Å². The number of nitrogens with one attached hydrogen (secondary N) is 1. The van der Waals surface area contributed by atoms with Gasteiger partial charge in [0.25, 0.3) is 0 Å². The van der Waals surface area contributed by atoms with Crippen LogP contribution < -0.4 is 10.1 Å². The molecule has 1 aromatic rings. The average molecular weight is 247 g/mol. The van der Waals surface area contributed by atoms with Crippen LogP contribution in [0.3, 0.4) is 0 Å². The minimum Gasteiger partial charge on any atom is -0.493 e. The summed E-state index contributed by atoms with van der Waals surface area (Å²) in [5.74, 6) is 1.70. The zero-order valence-electron chi connectivity index (χ0n) is 11.6. The number of ether oxygens (including phenoxy) is 1. The Morgan fingerprint density at radius 1 is 1.33 bits per heavy atom. The lowest BCUT2D eigenvalue weighted by Crippen LogP contribution is -2.37. The minimum atomic E-state index is 0.597. The fourth-order valence-electron chi connectivity index (χ4n) is 2.92. The normalized spacial score (nSPS) is 20.0. The molecular formula is C16H25NO. The van der Waals surface area contributed by atoms with Crippen LogP contribution in [0.4, 0.5) is 0 Å². The van der Waals surface area contributed by atoms with Crippen LogP contribution in [0.2, 0.25) is 0 Å². The topological polar surface area (TPSA) is 21.3 Å². The second kappa shape index (κ2) is 6.79. The van der Waals surface area contributed by atoms with E-state index >= 15 is 0 Å². The van der Waals surface area contributed by atoms with Gasteiger partial charge in [-0.05, 0) is 31.0 Å². The maximum atomic E-state index is 5.76. The number of hydrogen-bond donors (Lipinski definition) is 1. The first-order valence-electron chi connectivity index (χ1n) is 7.32. The largest absolute Gasteiger partial charge is 0.493 e. The van der Waals surface area contributed by atoms with Crippen molar-refractivity contribution < 1.29 is 4.74 Å². The van der Waals surface area contributed by atoms with Gasteiger partial charge >= 0.3 is 0 Å². The number of hydrogen-bond acceptors (Lipinski definition) is 2. The van der Waals surface area contributed by atoms with E-state index in [-0.39, 0.29) is 0 Å². The van der Waals surface area contributed by atoms with Crippen molar-refractivity contribution in [3.05, 3.63) is 29.8 Å². The zero-order chi connectivity index (χ0) is 12.8. The van der Waals surface area contributed by atoms with Crippen molar-refractivity contribution >= 4 is 0 Å². The highest BCUT2D eigenvalue weighted by atomic mass is 16.5. The van der Waals surface area contributed by atoms with Crippen molar-refractivity contribution in [3.63, 3.8) is 0 Å². The van der Waals surface area contributed by atoms with E-state index < -0.39 is 0 Å². The van der Waals surface area contributed by atoms with Crippen LogP contribution in [-0.2, 0) is 0 Å². The summed E-state index contributed by atoms with van der Waals surface area (Å²) in [6, 6.07) is 9.12. The molecule has 0 amide bonds. The van der Waals surface area contributed by atoms with E-state index in [1.807, 2.05) is 0 Å². The van der Waals surface area contributed by atoms with Gasteiger partial charge in [-0.1, -0.05) is 44.9 Å². The van der Waals surface area contributed by atoms with Gasteiger partial charge in [0.1, 0.15) is 5.75 Å². The molecule has 100 valence electrons. The second-order valence-corrected chi connectivity index (χ2v) is 5.09. The van der Waals surface area contributed by atoms with Crippen LogP contribution in [0.15, 0.2) is 24.3 Å². The number of likely N-dealkylation sites (N-methyl/N-ethyl adjacent to an activating group) is 1. The van der Waals surface area contributed by atoms with Crippen molar-refractivity contribution in [2.45, 2.75) is 51.5 Å². The van der Waals surface area contributed by atoms with Gasteiger partial charge in [-0.25, -0.2) is 0 Å². The monoisotopic (exact) mass is 247 g/mol. The van der Waals surface area contributed by atoms with Crippen molar-refractivity contribution in [1.82, 2.24) is 5.32 Å². The quantitative estimate of drug-likeness (QED) is 0.827. The predicted octanol–water partition coefficient (Wildman–Crippen LogP) is 3.72. The Balaban J connectivity index is 2.15. The Hall–Kier alpha value is -1.02. The van der Waals surface area contributed by atoms with Crippen LogP contribution in [0.1, 0.15) is 51.0 Å². The molecule has 2 unspecified atom stereocenters. The third-order valence-corrected chi connectivity index (χ3v) is 3.83. The summed E-state index contributed by atoms with van der Waals surface area (Å²) in [5, 5.41) is 3.67. The Labute approximate surface area is 111 Å². The molecule has 0 aromatic heterocycles. The molecule has 0 aliphatic carbocycles. The number of rotatable bonds is 6. The molecule has 0 saturated carbocycles. The van der Waals surface area contributed by atoms with Gasteiger partial charge in [-0.15, -0.1) is 0 Å². The molecule has 0 fully saturated rings. The summed E-state index contributed by atoms with van der Waals surface area (Å²) < 4.78 is 5.76. The maximum absolute atomic E-state index is 5.76. The first-order chi connectivity index (χ1) is 8.86. The van der Waals surface area contributed by atoms with E-state index in [1.54, 1.807) is 0 Å². The Morgan fingerprint density at radius 3 is 2.94 bits per heavy atom. The van der Waals surface area contributed by atoms with Crippen LogP contribution in [0, 0.1) is 0 Å². The average Bonchev–Trinajstić information content (AvgIpc) is 2.43. The summed E-state index contributed by atoms with van der Waals surface area (Å²) in [5.41, 5.74) is 1.39. The third kappa shape index (κ3) is 3.05. The highest BCUT2D eigenvalue weighted by Crippen LogP contribution is 2.36. The zero-order valence-corrected chi connectivity index (χ0v) is 11.6. The molecule has 0 radical (unpaired) electrons. The number of benzene rings is 1. The molecule has 1 heterocycles. The van der Waals surface area contributed by atoms with Gasteiger partial charge in [0.15, 0.2) is 0 Å². The lowest BCUT2D eigenvalue weighted by molar-refractivity contribution is 0.241. The number of para-hydroxylation sites is 1. The molecule has 0 spiro atoms. The molecule has 0 saturated heterocycles. The Kier molecular flexibility index (Phi) is 5.06. The van der Waals surface area contributed by atoms with Gasteiger partial charge in [-0.3, -0.25) is 0 Å². The molecule has 0 bridgehead atoms. The Morgan fingerprint density at radius 2 is 2.17 bits per heavy atom. The predicted molar refractivity (Wildman–Crippen MR) is 76.3 cm³/mol. The van der Waals surface area contributed by atoms with E-state index in [0.29, 0.717) is 12.0 Å². The van der Waals surface area contributed by atoms with Crippen molar-refractivity contribution in [1.29, 1.82) is 0 Å². The van der Waals surface area contributed by atoms with Crippen LogP contribution in [0.25, 0.3) is 0 Å². The van der Waals surface area contributed by atoms with Gasteiger partial charge < -0.3 is 10.1 Å². The van der Waals surface area contributed by atoms with Crippen LogP contribution >= 0.6 is 0 Å². The molecule has 2 rings (SSSR count). The smallest absolute Gasteiger partial charge is 0.122 e. The first kappa shape index (κ1) is 13.4. The minimum absolute atomic E-state index is 0.597. The molecular weight excluding hydrogens is 222 g/mol. The first-order valence-corrected chi connectivity index (χ1v) is 7.32. The molecule has 2 nitrogen and oxygen atoms in total. The van der Waals surface area contributed by atoms with Crippen molar-refractivity contribution in [2.75, 3.05) is 13.2 Å². The fraction of sp³-hybridized carbons (Fsp3) is 0.625. The fourth-order valence-corrected chi connectivity index (χ4v) is 2.92. The highest BCUT2D eigenvalue weighted by Gasteiger charge is 2.27. The maximum Gasteiger partial charge on any atom is 0.122 e.